The molecule has 0 aliphatic carbocycles. The van der Waals surface area contributed by atoms with Crippen molar-refractivity contribution in [3.63, 3.8) is 0 Å². The van der Waals surface area contributed by atoms with Crippen molar-refractivity contribution in [2.24, 2.45) is 5.92 Å². The van der Waals surface area contributed by atoms with Crippen LogP contribution in [0, 0.1) is 5.92 Å². The molecule has 4 rings (SSSR count). The molecule has 29 heavy (non-hydrogen) atoms. The predicted octanol–water partition coefficient (Wildman–Crippen LogP) is 3.37. The molecule has 6 heteroatoms. The second-order valence-electron chi connectivity index (χ2n) is 7.25. The molecular weight excluding hydrogens is 370 g/mol. The van der Waals surface area contributed by atoms with Crippen molar-refractivity contribution < 1.29 is 23.7 Å². The summed E-state index contributed by atoms with van der Waals surface area (Å²) in [5.74, 6) is 1.77. The smallest absolute Gasteiger partial charge is 0.257 e. The fourth-order valence-corrected chi connectivity index (χ4v) is 3.79. The lowest BCUT2D eigenvalue weighted by Gasteiger charge is -2.34. The average Bonchev–Trinajstić information content (AvgIpc) is 3.32. The van der Waals surface area contributed by atoms with Gasteiger partial charge in [-0.15, -0.1) is 0 Å². The molecule has 1 amide bonds. The lowest BCUT2D eigenvalue weighted by atomic mass is 9.95. The number of hydrogen-bond donors (Lipinski definition) is 0. The molecule has 2 heterocycles. The number of rotatable bonds is 7. The molecule has 2 aliphatic rings. The third-order valence-corrected chi connectivity index (χ3v) is 5.33. The van der Waals surface area contributed by atoms with E-state index in [0.29, 0.717) is 56.7 Å². The Morgan fingerprint density at radius 2 is 1.55 bits per heavy atom. The number of carbonyl (C=O) groups excluding carboxylic acids is 1. The van der Waals surface area contributed by atoms with Gasteiger partial charge in [-0.1, -0.05) is 30.3 Å². The monoisotopic (exact) mass is 397 g/mol. The highest BCUT2D eigenvalue weighted by atomic mass is 16.7. The van der Waals surface area contributed by atoms with E-state index in [1.165, 1.54) is 0 Å². The minimum atomic E-state index is -0.104. The van der Waals surface area contributed by atoms with Gasteiger partial charge in [0.15, 0.2) is 6.29 Å². The molecule has 2 fully saturated rings. The minimum Gasteiger partial charge on any atom is -0.490 e. The molecule has 6 nitrogen and oxygen atoms in total. The van der Waals surface area contributed by atoms with Gasteiger partial charge in [-0.05, 0) is 37.1 Å². The predicted molar refractivity (Wildman–Crippen MR) is 108 cm³/mol. The van der Waals surface area contributed by atoms with Gasteiger partial charge in [0, 0.05) is 19.0 Å². The van der Waals surface area contributed by atoms with Crippen LogP contribution in [0.15, 0.2) is 54.6 Å². The number of benzene rings is 2. The summed E-state index contributed by atoms with van der Waals surface area (Å²) in [7, 11) is 0. The first-order chi connectivity index (χ1) is 14.3. The highest BCUT2D eigenvalue weighted by Gasteiger charge is 2.32. The number of piperidine rings is 1. The molecule has 2 aromatic rings. The fraction of sp³-hybridized carbons (Fsp3) is 0.435. The zero-order chi connectivity index (χ0) is 19.9. The van der Waals surface area contributed by atoms with Gasteiger partial charge in [-0.2, -0.15) is 0 Å². The van der Waals surface area contributed by atoms with Gasteiger partial charge in [0.1, 0.15) is 24.7 Å². The van der Waals surface area contributed by atoms with Gasteiger partial charge in [-0.25, -0.2) is 0 Å². The highest BCUT2D eigenvalue weighted by Crippen LogP contribution is 2.28. The molecule has 2 saturated heterocycles. The molecular formula is C23H27NO5. The summed E-state index contributed by atoms with van der Waals surface area (Å²) in [6.07, 6.45) is 1.68. The third-order valence-electron chi connectivity index (χ3n) is 5.33. The van der Waals surface area contributed by atoms with Gasteiger partial charge in [-0.3, -0.25) is 4.79 Å². The maximum Gasteiger partial charge on any atom is 0.257 e. The second kappa shape index (κ2) is 9.76. The maximum absolute atomic E-state index is 13.1. The normalized spacial score (nSPS) is 18.0. The fourth-order valence-electron chi connectivity index (χ4n) is 3.79. The van der Waals surface area contributed by atoms with E-state index in [4.69, 9.17) is 18.9 Å². The molecule has 0 N–H and O–H groups in total. The Bertz CT molecular complexity index is 783. The summed E-state index contributed by atoms with van der Waals surface area (Å²) in [5, 5.41) is 0. The van der Waals surface area contributed by atoms with Crippen LogP contribution < -0.4 is 9.47 Å². The number of hydrogen-bond acceptors (Lipinski definition) is 5. The van der Waals surface area contributed by atoms with Crippen LogP contribution in [0.3, 0.4) is 0 Å². The number of ether oxygens (including phenoxy) is 4. The van der Waals surface area contributed by atoms with E-state index in [9.17, 15) is 4.79 Å². The van der Waals surface area contributed by atoms with Crippen LogP contribution in [-0.4, -0.2) is 56.6 Å². The molecule has 0 unspecified atom stereocenters. The van der Waals surface area contributed by atoms with Crippen molar-refractivity contribution in [3.05, 3.63) is 60.2 Å². The molecule has 0 bridgehead atoms. The highest BCUT2D eigenvalue weighted by molar-refractivity contribution is 5.97. The summed E-state index contributed by atoms with van der Waals surface area (Å²) in [6.45, 7) is 3.54. The van der Waals surface area contributed by atoms with Crippen LogP contribution in [0.2, 0.25) is 0 Å². The summed E-state index contributed by atoms with van der Waals surface area (Å²) in [4.78, 5) is 15.0. The van der Waals surface area contributed by atoms with Crippen LogP contribution in [0.4, 0.5) is 0 Å². The molecule has 0 atom stereocenters. The van der Waals surface area contributed by atoms with Crippen molar-refractivity contribution in [2.45, 2.75) is 19.1 Å². The van der Waals surface area contributed by atoms with E-state index < -0.39 is 0 Å². The summed E-state index contributed by atoms with van der Waals surface area (Å²) in [6, 6.07) is 17.0. The van der Waals surface area contributed by atoms with Gasteiger partial charge in [0.2, 0.25) is 0 Å². The van der Waals surface area contributed by atoms with E-state index in [-0.39, 0.29) is 12.2 Å². The van der Waals surface area contributed by atoms with E-state index in [0.717, 1.165) is 18.6 Å². The molecule has 0 radical (unpaired) electrons. The zero-order valence-corrected chi connectivity index (χ0v) is 16.5. The van der Waals surface area contributed by atoms with Crippen molar-refractivity contribution in [2.75, 3.05) is 39.5 Å². The first-order valence-electron chi connectivity index (χ1n) is 10.2. The quantitative estimate of drug-likeness (QED) is 0.671. The number of amides is 1. The summed E-state index contributed by atoms with van der Waals surface area (Å²) in [5.41, 5.74) is 0.596. The molecule has 2 aromatic carbocycles. The SMILES string of the molecule is O=C(c1ccccc1OCCOc1ccccc1)N1CCC(C2OCCO2)CC1. The lowest BCUT2D eigenvalue weighted by molar-refractivity contribution is -0.0956. The number of para-hydroxylation sites is 2. The lowest BCUT2D eigenvalue weighted by Crippen LogP contribution is -2.41. The van der Waals surface area contributed by atoms with Gasteiger partial charge >= 0.3 is 0 Å². The molecule has 0 spiro atoms. The van der Waals surface area contributed by atoms with E-state index in [2.05, 4.69) is 0 Å². The second-order valence-corrected chi connectivity index (χ2v) is 7.25. The Balaban J connectivity index is 1.29. The van der Waals surface area contributed by atoms with Crippen molar-refractivity contribution in [3.8, 4) is 11.5 Å². The molecule has 154 valence electrons. The van der Waals surface area contributed by atoms with Crippen molar-refractivity contribution >= 4 is 5.91 Å². The van der Waals surface area contributed by atoms with Crippen LogP contribution in [0.5, 0.6) is 11.5 Å². The van der Waals surface area contributed by atoms with E-state index in [1.807, 2.05) is 59.5 Å². The first kappa shape index (κ1) is 19.7. The van der Waals surface area contributed by atoms with Crippen molar-refractivity contribution in [1.82, 2.24) is 4.90 Å². The van der Waals surface area contributed by atoms with Gasteiger partial charge in [0.25, 0.3) is 5.91 Å². The Labute approximate surface area is 171 Å². The van der Waals surface area contributed by atoms with Gasteiger partial charge < -0.3 is 23.8 Å². The van der Waals surface area contributed by atoms with Crippen molar-refractivity contribution in [1.29, 1.82) is 0 Å². The summed E-state index contributed by atoms with van der Waals surface area (Å²) >= 11 is 0. The summed E-state index contributed by atoms with van der Waals surface area (Å²) < 4.78 is 22.8. The van der Waals surface area contributed by atoms with Crippen LogP contribution in [0.1, 0.15) is 23.2 Å². The van der Waals surface area contributed by atoms with Crippen LogP contribution in [0.25, 0.3) is 0 Å². The number of carbonyl (C=O) groups is 1. The molecule has 2 aliphatic heterocycles. The number of nitrogens with zero attached hydrogens (tertiary/aromatic N) is 1. The Hall–Kier alpha value is -2.57. The van der Waals surface area contributed by atoms with Gasteiger partial charge in [0.05, 0.1) is 18.8 Å². The topological polar surface area (TPSA) is 57.2 Å². The largest absolute Gasteiger partial charge is 0.490 e. The Morgan fingerprint density at radius 1 is 0.897 bits per heavy atom. The maximum atomic E-state index is 13.1. The van der Waals surface area contributed by atoms with Crippen LogP contribution in [-0.2, 0) is 9.47 Å². The minimum absolute atomic E-state index is 0.0105. The zero-order valence-electron chi connectivity index (χ0n) is 16.5. The third kappa shape index (κ3) is 5.08. The van der Waals surface area contributed by atoms with Crippen LogP contribution >= 0.6 is 0 Å². The molecule has 0 saturated carbocycles. The Kier molecular flexibility index (Phi) is 6.64. The number of likely N-dealkylation sites (tertiary alicyclic amines) is 1. The van der Waals surface area contributed by atoms with E-state index >= 15 is 0 Å². The average molecular weight is 397 g/mol. The molecule has 0 aromatic heterocycles. The standard InChI is InChI=1S/C23H27NO5/c25-22(24-12-10-18(11-13-24)23-28-16-17-29-23)20-8-4-5-9-21(20)27-15-14-26-19-6-2-1-3-7-19/h1-9,18,23H,10-17H2. The Morgan fingerprint density at radius 3 is 2.31 bits per heavy atom. The van der Waals surface area contributed by atoms with E-state index in [1.54, 1.807) is 0 Å². The first-order valence-corrected chi connectivity index (χ1v) is 10.2.